The molecular weight excluding hydrogens is 449 g/mol. The molecule has 0 bridgehead atoms. The molecule has 1 amide bonds. The molecule has 1 saturated heterocycles. The van der Waals surface area contributed by atoms with Gasteiger partial charge in [0.15, 0.2) is 5.69 Å². The van der Waals surface area contributed by atoms with E-state index in [1.54, 1.807) is 18.2 Å². The van der Waals surface area contributed by atoms with Crippen LogP contribution in [0, 0.1) is 11.2 Å². The Morgan fingerprint density at radius 1 is 1.24 bits per heavy atom. The van der Waals surface area contributed by atoms with Crippen LogP contribution in [0.25, 0.3) is 11.1 Å². The van der Waals surface area contributed by atoms with Crippen LogP contribution in [0.5, 0.6) is 0 Å². The first-order valence-corrected chi connectivity index (χ1v) is 10.9. The fourth-order valence-electron chi connectivity index (χ4n) is 4.23. The highest BCUT2D eigenvalue weighted by Gasteiger charge is 2.43. The Balaban J connectivity index is 1.55. The highest BCUT2D eigenvalue weighted by atomic mass is 35.5. The number of carboxylic acid groups (broad SMARTS) is 1. The van der Waals surface area contributed by atoms with E-state index in [0.29, 0.717) is 42.1 Å². The number of aromatic amines is 1. The van der Waals surface area contributed by atoms with Crippen molar-refractivity contribution in [1.82, 2.24) is 26.0 Å². The van der Waals surface area contributed by atoms with E-state index in [4.69, 9.17) is 11.6 Å². The van der Waals surface area contributed by atoms with Crippen LogP contribution in [0.4, 0.5) is 4.39 Å². The van der Waals surface area contributed by atoms with E-state index in [-0.39, 0.29) is 17.9 Å². The predicted octanol–water partition coefficient (Wildman–Crippen LogP) is 3.06. The number of amides is 1. The van der Waals surface area contributed by atoms with Crippen LogP contribution in [0.3, 0.4) is 0 Å². The fourth-order valence-corrected chi connectivity index (χ4v) is 4.40. The van der Waals surface area contributed by atoms with Crippen molar-refractivity contribution in [3.05, 3.63) is 70.8 Å². The minimum absolute atomic E-state index is 0.126. The van der Waals surface area contributed by atoms with Crippen molar-refractivity contribution in [2.24, 2.45) is 5.41 Å². The van der Waals surface area contributed by atoms with Crippen molar-refractivity contribution in [2.45, 2.75) is 25.3 Å². The fraction of sp³-hybridized carbons (Fsp3) is 0.304. The number of aliphatic carboxylic acids is 1. The van der Waals surface area contributed by atoms with E-state index >= 15 is 0 Å². The number of carboxylic acids is 1. The molecule has 0 spiro atoms. The maximum Gasteiger partial charge on any atom is 0.311 e. The van der Waals surface area contributed by atoms with E-state index in [1.807, 2.05) is 12.1 Å². The molecule has 4 N–H and O–H groups in total. The van der Waals surface area contributed by atoms with Crippen LogP contribution in [0.2, 0.25) is 5.02 Å². The van der Waals surface area contributed by atoms with Crippen molar-refractivity contribution >= 4 is 23.5 Å². The lowest BCUT2D eigenvalue weighted by molar-refractivity contribution is -0.148. The van der Waals surface area contributed by atoms with Crippen molar-refractivity contribution in [2.75, 3.05) is 13.1 Å². The van der Waals surface area contributed by atoms with E-state index in [2.05, 4.69) is 26.0 Å². The monoisotopic (exact) mass is 471 g/mol. The molecule has 1 aliphatic heterocycles. The number of halogens is 2. The van der Waals surface area contributed by atoms with Crippen molar-refractivity contribution in [3.8, 4) is 11.1 Å². The number of hydrogen-bond donors (Lipinski definition) is 4. The van der Waals surface area contributed by atoms with Gasteiger partial charge < -0.3 is 15.7 Å². The Labute approximate surface area is 194 Å². The Kier molecular flexibility index (Phi) is 6.71. The number of benzene rings is 2. The second-order valence-corrected chi connectivity index (χ2v) is 8.70. The molecule has 0 aliphatic carbocycles. The summed E-state index contributed by atoms with van der Waals surface area (Å²) in [5, 5.41) is 26.2. The van der Waals surface area contributed by atoms with E-state index < -0.39 is 23.3 Å². The SMILES string of the molecule is O=C(N[C@H](Cc1ccc(-c2cc(Cl)ccc2F)cc1)CC1(C(=O)O)CCNC1)c1cn[nH]n1. The summed E-state index contributed by atoms with van der Waals surface area (Å²) in [5.74, 6) is -1.69. The molecule has 172 valence electrons. The van der Waals surface area contributed by atoms with Gasteiger partial charge in [0.25, 0.3) is 5.91 Å². The molecule has 8 nitrogen and oxygen atoms in total. The molecule has 1 fully saturated rings. The Bertz CT molecular complexity index is 1130. The lowest BCUT2D eigenvalue weighted by atomic mass is 9.79. The van der Waals surface area contributed by atoms with Gasteiger partial charge in [-0.05, 0) is 55.1 Å². The lowest BCUT2D eigenvalue weighted by Gasteiger charge is -2.29. The molecule has 1 unspecified atom stereocenters. The minimum Gasteiger partial charge on any atom is -0.481 e. The van der Waals surface area contributed by atoms with Gasteiger partial charge in [0, 0.05) is 23.2 Å². The Morgan fingerprint density at radius 2 is 2.03 bits per heavy atom. The van der Waals surface area contributed by atoms with Crippen LogP contribution in [0.1, 0.15) is 28.9 Å². The molecule has 2 atom stereocenters. The molecule has 2 aromatic carbocycles. The molecule has 1 aromatic heterocycles. The summed E-state index contributed by atoms with van der Waals surface area (Å²) in [6, 6.07) is 11.2. The van der Waals surface area contributed by atoms with Crippen LogP contribution in [-0.2, 0) is 11.2 Å². The Morgan fingerprint density at radius 3 is 2.67 bits per heavy atom. The zero-order valence-electron chi connectivity index (χ0n) is 17.6. The molecule has 2 heterocycles. The van der Waals surface area contributed by atoms with E-state index in [1.165, 1.54) is 18.3 Å². The van der Waals surface area contributed by atoms with Gasteiger partial charge in [0.2, 0.25) is 0 Å². The molecule has 0 saturated carbocycles. The lowest BCUT2D eigenvalue weighted by Crippen LogP contribution is -2.44. The number of hydrogen-bond acceptors (Lipinski definition) is 5. The minimum atomic E-state index is -0.967. The van der Waals surface area contributed by atoms with Crippen LogP contribution in [-0.4, -0.2) is 51.5 Å². The molecule has 10 heteroatoms. The van der Waals surface area contributed by atoms with Gasteiger partial charge in [0.1, 0.15) is 5.82 Å². The van der Waals surface area contributed by atoms with Crippen LogP contribution < -0.4 is 10.6 Å². The first-order chi connectivity index (χ1) is 15.9. The van der Waals surface area contributed by atoms with Gasteiger partial charge in [-0.3, -0.25) is 9.59 Å². The number of aromatic nitrogens is 3. The average Bonchev–Trinajstić information content (AvgIpc) is 3.49. The van der Waals surface area contributed by atoms with Gasteiger partial charge in [-0.15, -0.1) is 0 Å². The van der Waals surface area contributed by atoms with Gasteiger partial charge >= 0.3 is 5.97 Å². The normalized spacial score (nSPS) is 18.7. The maximum absolute atomic E-state index is 14.2. The Hall–Kier alpha value is -3.30. The number of carbonyl (C=O) groups excluding carboxylic acids is 1. The van der Waals surface area contributed by atoms with Gasteiger partial charge in [0.05, 0.1) is 11.6 Å². The summed E-state index contributed by atoms with van der Waals surface area (Å²) < 4.78 is 14.2. The van der Waals surface area contributed by atoms with Gasteiger partial charge in [-0.25, -0.2) is 4.39 Å². The van der Waals surface area contributed by atoms with E-state index in [0.717, 1.165) is 5.56 Å². The van der Waals surface area contributed by atoms with Crippen LogP contribution in [0.15, 0.2) is 48.7 Å². The van der Waals surface area contributed by atoms with Crippen LogP contribution >= 0.6 is 11.6 Å². The summed E-state index contributed by atoms with van der Waals surface area (Å²) in [4.78, 5) is 24.7. The number of rotatable bonds is 8. The zero-order chi connectivity index (χ0) is 23.4. The molecule has 4 rings (SSSR count). The quantitative estimate of drug-likeness (QED) is 0.401. The molecular formula is C23H23ClFN5O3. The summed E-state index contributed by atoms with van der Waals surface area (Å²) in [6.45, 7) is 0.946. The predicted molar refractivity (Wildman–Crippen MR) is 120 cm³/mol. The first kappa shape index (κ1) is 22.9. The second-order valence-electron chi connectivity index (χ2n) is 8.27. The molecule has 0 radical (unpaired) electrons. The van der Waals surface area contributed by atoms with Crippen molar-refractivity contribution < 1.29 is 19.1 Å². The molecule has 33 heavy (non-hydrogen) atoms. The number of nitrogens with zero attached hydrogens (tertiary/aromatic N) is 2. The highest BCUT2D eigenvalue weighted by Crippen LogP contribution is 2.33. The first-order valence-electron chi connectivity index (χ1n) is 10.5. The van der Waals surface area contributed by atoms with E-state index in [9.17, 15) is 19.1 Å². The number of nitrogens with one attached hydrogen (secondary N) is 3. The topological polar surface area (TPSA) is 120 Å². The summed E-state index contributed by atoms with van der Waals surface area (Å²) in [7, 11) is 0. The largest absolute Gasteiger partial charge is 0.481 e. The summed E-state index contributed by atoms with van der Waals surface area (Å²) in [6.07, 6.45) is 2.44. The highest BCUT2D eigenvalue weighted by molar-refractivity contribution is 6.30. The second kappa shape index (κ2) is 9.68. The molecule has 1 aliphatic rings. The number of H-pyrrole nitrogens is 1. The molecule has 3 aromatic rings. The number of carbonyl (C=O) groups is 2. The smallest absolute Gasteiger partial charge is 0.311 e. The summed E-state index contributed by atoms with van der Waals surface area (Å²) in [5.41, 5.74) is 1.10. The summed E-state index contributed by atoms with van der Waals surface area (Å²) >= 11 is 6.01. The van der Waals surface area contributed by atoms with Gasteiger partial charge in [-0.2, -0.15) is 15.4 Å². The maximum atomic E-state index is 14.2. The standard InChI is InChI=1S/C23H23ClFN5O3/c24-16-5-6-19(25)18(10-16)15-3-1-14(2-4-15)9-17(28-21(31)20-12-27-30-29-20)11-23(22(32)33)7-8-26-13-23/h1-6,10,12,17,26H,7-9,11,13H2,(H,28,31)(H,32,33)(H,27,29,30)/t17-,23?/m1/s1. The third-order valence-corrected chi connectivity index (χ3v) is 6.23. The third-order valence-electron chi connectivity index (χ3n) is 5.99. The average molecular weight is 472 g/mol. The van der Waals surface area contributed by atoms with Crippen molar-refractivity contribution in [3.63, 3.8) is 0 Å². The van der Waals surface area contributed by atoms with Gasteiger partial charge in [-0.1, -0.05) is 35.9 Å². The zero-order valence-corrected chi connectivity index (χ0v) is 18.4. The third kappa shape index (κ3) is 5.20. The van der Waals surface area contributed by atoms with Crippen molar-refractivity contribution in [1.29, 1.82) is 0 Å².